The number of piperidine rings is 1. The van der Waals surface area contributed by atoms with Crippen LogP contribution >= 0.6 is 0 Å². The van der Waals surface area contributed by atoms with Gasteiger partial charge < -0.3 is 10.2 Å². The minimum Gasteiger partial charge on any atom is -0.366 e. The van der Waals surface area contributed by atoms with E-state index in [2.05, 4.69) is 38.5 Å². The van der Waals surface area contributed by atoms with Crippen LogP contribution in [0.2, 0.25) is 0 Å². The van der Waals surface area contributed by atoms with Gasteiger partial charge in [-0.05, 0) is 30.5 Å². The number of rotatable bonds is 4. The highest BCUT2D eigenvalue weighted by atomic mass is 16.2. The van der Waals surface area contributed by atoms with E-state index in [0.717, 1.165) is 37.3 Å². The number of amides is 1. The van der Waals surface area contributed by atoms with Crippen LogP contribution in [-0.4, -0.2) is 46.7 Å². The van der Waals surface area contributed by atoms with Crippen LogP contribution in [0.25, 0.3) is 0 Å². The van der Waals surface area contributed by atoms with Gasteiger partial charge in [-0.15, -0.1) is 5.10 Å². The summed E-state index contributed by atoms with van der Waals surface area (Å²) in [6.45, 7) is 2.21. The molecule has 4 rings (SSSR count). The lowest BCUT2D eigenvalue weighted by atomic mass is 9.92. The van der Waals surface area contributed by atoms with Gasteiger partial charge in [-0.2, -0.15) is 5.10 Å². The van der Waals surface area contributed by atoms with E-state index in [1.54, 1.807) is 6.20 Å². The lowest BCUT2D eigenvalue weighted by Gasteiger charge is -2.34. The molecule has 2 aliphatic heterocycles. The number of hydrogen-bond donors (Lipinski definition) is 3. The van der Waals surface area contributed by atoms with E-state index in [4.69, 9.17) is 0 Å². The van der Waals surface area contributed by atoms with Crippen LogP contribution in [0.15, 0.2) is 48.7 Å². The highest BCUT2D eigenvalue weighted by Gasteiger charge is 2.37. The summed E-state index contributed by atoms with van der Waals surface area (Å²) in [5.41, 5.74) is 7.56. The average Bonchev–Trinajstić information content (AvgIpc) is 3.19. The normalized spacial score (nSPS) is 23.8. The number of carbonyl (C=O) groups is 1. The minimum absolute atomic E-state index is 0.0270. The Morgan fingerprint density at radius 2 is 1.92 bits per heavy atom. The fourth-order valence-electron chi connectivity index (χ4n) is 3.77. The molecule has 0 saturated carbocycles. The Labute approximate surface area is 153 Å². The van der Waals surface area contributed by atoms with Crippen molar-refractivity contribution in [3.05, 3.63) is 54.2 Å². The van der Waals surface area contributed by atoms with Crippen molar-refractivity contribution in [1.29, 1.82) is 0 Å². The van der Waals surface area contributed by atoms with Crippen LogP contribution in [0.5, 0.6) is 0 Å². The predicted molar refractivity (Wildman–Crippen MR) is 99.1 cm³/mol. The number of nitrogens with one attached hydrogen (secondary N) is 3. The quantitative estimate of drug-likeness (QED) is 0.770. The fraction of sp³-hybridized carbons (Fsp3) is 0.421. The Balaban J connectivity index is 1.34. The molecule has 136 valence electrons. The topological polar surface area (TPSA) is 82.2 Å². The Kier molecular flexibility index (Phi) is 5.08. The summed E-state index contributed by atoms with van der Waals surface area (Å²) in [7, 11) is 0. The second kappa shape index (κ2) is 7.80. The molecule has 1 aromatic carbocycles. The Morgan fingerprint density at radius 3 is 2.65 bits per heavy atom. The molecule has 3 N–H and O–H groups in total. The molecule has 1 amide bonds. The zero-order valence-corrected chi connectivity index (χ0v) is 14.6. The van der Waals surface area contributed by atoms with Crippen molar-refractivity contribution < 1.29 is 4.79 Å². The van der Waals surface area contributed by atoms with E-state index in [1.165, 1.54) is 0 Å². The van der Waals surface area contributed by atoms with Gasteiger partial charge in [0.1, 0.15) is 5.82 Å². The molecule has 2 atom stereocenters. The van der Waals surface area contributed by atoms with Gasteiger partial charge in [-0.3, -0.25) is 10.2 Å². The number of anilines is 1. The Hall–Kier alpha value is -2.51. The van der Waals surface area contributed by atoms with Crippen LogP contribution in [-0.2, 0) is 4.79 Å². The number of benzene rings is 1. The standard InChI is InChI=1S/C19H24N6O/c26-19(16-13-21-24-18(16)14-5-2-1-3-6-14)25-11-8-15(9-12-25)22-17-7-4-10-20-23-17/h1-7,10,15-16,18,21,24H,8-9,11-13H2,(H,22,23). The van der Waals surface area contributed by atoms with E-state index >= 15 is 0 Å². The van der Waals surface area contributed by atoms with Crippen molar-refractivity contribution in [3.8, 4) is 0 Å². The van der Waals surface area contributed by atoms with Crippen molar-refractivity contribution in [2.24, 2.45) is 5.92 Å². The first kappa shape index (κ1) is 16.9. The molecule has 2 saturated heterocycles. The fourth-order valence-corrected chi connectivity index (χ4v) is 3.77. The van der Waals surface area contributed by atoms with E-state index in [1.807, 2.05) is 35.2 Å². The monoisotopic (exact) mass is 352 g/mol. The number of likely N-dealkylation sites (tertiary alicyclic amines) is 1. The molecular weight excluding hydrogens is 328 g/mol. The predicted octanol–water partition coefficient (Wildman–Crippen LogP) is 1.34. The third-order valence-corrected chi connectivity index (χ3v) is 5.19. The van der Waals surface area contributed by atoms with Crippen LogP contribution < -0.4 is 16.2 Å². The first-order valence-corrected chi connectivity index (χ1v) is 9.17. The third-order valence-electron chi connectivity index (χ3n) is 5.19. The van der Waals surface area contributed by atoms with Crippen molar-refractivity contribution >= 4 is 11.7 Å². The number of hydrazine groups is 1. The van der Waals surface area contributed by atoms with Crippen molar-refractivity contribution in [1.82, 2.24) is 25.9 Å². The lowest BCUT2D eigenvalue weighted by molar-refractivity contribution is -0.136. The second-order valence-corrected chi connectivity index (χ2v) is 6.87. The maximum Gasteiger partial charge on any atom is 0.229 e. The largest absolute Gasteiger partial charge is 0.366 e. The Bertz CT molecular complexity index is 717. The molecule has 2 fully saturated rings. The Morgan fingerprint density at radius 1 is 1.12 bits per heavy atom. The summed E-state index contributed by atoms with van der Waals surface area (Å²) in [5, 5.41) is 11.4. The summed E-state index contributed by atoms with van der Waals surface area (Å²) < 4.78 is 0. The summed E-state index contributed by atoms with van der Waals surface area (Å²) >= 11 is 0. The van der Waals surface area contributed by atoms with Gasteiger partial charge in [-0.1, -0.05) is 30.3 Å². The highest BCUT2D eigenvalue weighted by Crippen LogP contribution is 2.27. The van der Waals surface area contributed by atoms with Gasteiger partial charge in [0.2, 0.25) is 5.91 Å². The molecular formula is C19H24N6O. The summed E-state index contributed by atoms with van der Waals surface area (Å²) in [5.74, 6) is 0.960. The van der Waals surface area contributed by atoms with E-state index in [-0.39, 0.29) is 17.9 Å². The first-order valence-electron chi connectivity index (χ1n) is 9.17. The van der Waals surface area contributed by atoms with Gasteiger partial charge in [0.05, 0.1) is 12.0 Å². The van der Waals surface area contributed by atoms with Gasteiger partial charge in [0.15, 0.2) is 0 Å². The number of carbonyl (C=O) groups excluding carboxylic acids is 1. The molecule has 7 nitrogen and oxygen atoms in total. The van der Waals surface area contributed by atoms with E-state index < -0.39 is 0 Å². The van der Waals surface area contributed by atoms with E-state index in [0.29, 0.717) is 12.6 Å². The van der Waals surface area contributed by atoms with Crippen LogP contribution in [0.4, 0.5) is 5.82 Å². The third kappa shape index (κ3) is 3.68. The highest BCUT2D eigenvalue weighted by molar-refractivity contribution is 5.80. The molecule has 3 heterocycles. The minimum atomic E-state index is -0.0677. The molecule has 0 bridgehead atoms. The average molecular weight is 352 g/mol. The summed E-state index contributed by atoms with van der Waals surface area (Å²) in [4.78, 5) is 15.1. The van der Waals surface area contributed by atoms with Gasteiger partial charge in [0.25, 0.3) is 0 Å². The molecule has 1 aromatic heterocycles. The second-order valence-electron chi connectivity index (χ2n) is 6.87. The van der Waals surface area contributed by atoms with Crippen LogP contribution in [0.1, 0.15) is 24.4 Å². The molecule has 2 unspecified atom stereocenters. The van der Waals surface area contributed by atoms with E-state index in [9.17, 15) is 4.79 Å². The molecule has 0 spiro atoms. The number of hydrogen-bond acceptors (Lipinski definition) is 6. The van der Waals surface area contributed by atoms with Crippen molar-refractivity contribution in [3.63, 3.8) is 0 Å². The zero-order chi connectivity index (χ0) is 17.8. The van der Waals surface area contributed by atoms with Gasteiger partial charge in [-0.25, -0.2) is 5.43 Å². The van der Waals surface area contributed by atoms with Crippen LogP contribution in [0.3, 0.4) is 0 Å². The molecule has 7 heteroatoms. The number of nitrogens with zero attached hydrogens (tertiary/aromatic N) is 3. The smallest absolute Gasteiger partial charge is 0.229 e. The molecule has 0 aliphatic carbocycles. The number of aromatic nitrogens is 2. The van der Waals surface area contributed by atoms with Gasteiger partial charge in [0, 0.05) is 31.9 Å². The molecule has 26 heavy (non-hydrogen) atoms. The zero-order valence-electron chi connectivity index (χ0n) is 14.6. The van der Waals surface area contributed by atoms with Crippen molar-refractivity contribution in [2.75, 3.05) is 25.0 Å². The van der Waals surface area contributed by atoms with Crippen LogP contribution in [0, 0.1) is 5.92 Å². The maximum atomic E-state index is 13.1. The molecule has 2 aromatic rings. The van der Waals surface area contributed by atoms with Crippen molar-refractivity contribution in [2.45, 2.75) is 24.9 Å². The summed E-state index contributed by atoms with van der Waals surface area (Å²) in [6, 6.07) is 14.3. The molecule has 2 aliphatic rings. The maximum absolute atomic E-state index is 13.1. The lowest BCUT2D eigenvalue weighted by Crippen LogP contribution is -2.46. The molecule has 0 radical (unpaired) electrons. The summed E-state index contributed by atoms with van der Waals surface area (Å²) in [6.07, 6.45) is 3.51. The SMILES string of the molecule is O=C(C1CNNC1c1ccccc1)N1CCC(Nc2cccnn2)CC1. The first-order chi connectivity index (χ1) is 12.8. The van der Waals surface area contributed by atoms with Gasteiger partial charge >= 0.3 is 0 Å².